The van der Waals surface area contributed by atoms with Crippen LogP contribution in [0.5, 0.6) is 0 Å². The molecule has 0 unspecified atom stereocenters. The first-order valence-corrected chi connectivity index (χ1v) is 8.63. The lowest BCUT2D eigenvalue weighted by Gasteiger charge is -2.16. The second-order valence-corrected chi connectivity index (χ2v) is 6.29. The van der Waals surface area contributed by atoms with Crippen molar-refractivity contribution in [2.24, 2.45) is 0 Å². The summed E-state index contributed by atoms with van der Waals surface area (Å²) in [5.74, 6) is 0.160. The smallest absolute Gasteiger partial charge is 0.227 e. The highest BCUT2D eigenvalue weighted by atomic mass is 35.5. The van der Waals surface area contributed by atoms with Gasteiger partial charge in [-0.1, -0.05) is 30.3 Å². The number of nitrogens with one attached hydrogen (secondary N) is 1. The summed E-state index contributed by atoms with van der Waals surface area (Å²) in [6, 6.07) is 15.4. The van der Waals surface area contributed by atoms with Crippen molar-refractivity contribution < 1.29 is 9.59 Å². The molecule has 26 heavy (non-hydrogen) atoms. The van der Waals surface area contributed by atoms with Crippen molar-refractivity contribution in [2.45, 2.75) is 32.2 Å². The first-order chi connectivity index (χ1) is 12.1. The van der Waals surface area contributed by atoms with Crippen molar-refractivity contribution in [3.05, 3.63) is 59.7 Å². The van der Waals surface area contributed by atoms with E-state index in [0.29, 0.717) is 25.8 Å². The van der Waals surface area contributed by atoms with Crippen molar-refractivity contribution in [1.82, 2.24) is 5.32 Å². The molecular weight excluding hydrogens is 350 g/mol. The van der Waals surface area contributed by atoms with Crippen LogP contribution in [0.2, 0.25) is 0 Å². The molecule has 1 fully saturated rings. The van der Waals surface area contributed by atoms with E-state index >= 15 is 0 Å². The van der Waals surface area contributed by atoms with Crippen LogP contribution in [0.15, 0.2) is 48.5 Å². The van der Waals surface area contributed by atoms with Crippen LogP contribution < -0.4 is 16.0 Å². The molecule has 6 heteroatoms. The van der Waals surface area contributed by atoms with Crippen molar-refractivity contribution in [2.75, 3.05) is 17.2 Å². The molecule has 3 rings (SSSR count). The Morgan fingerprint density at radius 2 is 1.96 bits per heavy atom. The Morgan fingerprint density at radius 1 is 1.15 bits per heavy atom. The van der Waals surface area contributed by atoms with Gasteiger partial charge in [0, 0.05) is 37.3 Å². The van der Waals surface area contributed by atoms with E-state index in [1.54, 1.807) is 0 Å². The minimum absolute atomic E-state index is 0. The van der Waals surface area contributed by atoms with Gasteiger partial charge in [0.05, 0.1) is 0 Å². The number of nitrogens with two attached hydrogens (primary N) is 1. The van der Waals surface area contributed by atoms with E-state index in [0.717, 1.165) is 35.5 Å². The van der Waals surface area contributed by atoms with Crippen molar-refractivity contribution >= 4 is 35.6 Å². The average molecular weight is 374 g/mol. The number of halogens is 1. The predicted octanol–water partition coefficient (Wildman–Crippen LogP) is 3.07. The van der Waals surface area contributed by atoms with E-state index in [2.05, 4.69) is 5.32 Å². The summed E-state index contributed by atoms with van der Waals surface area (Å²) in [4.78, 5) is 25.7. The summed E-state index contributed by atoms with van der Waals surface area (Å²) in [6.45, 7) is 1.23. The Labute approximate surface area is 160 Å². The van der Waals surface area contributed by atoms with Crippen LogP contribution in [-0.4, -0.2) is 18.4 Å². The number of anilines is 2. The van der Waals surface area contributed by atoms with Crippen LogP contribution in [0, 0.1) is 0 Å². The SMILES string of the molecule is Cl.Nc1ccccc1CCC(=O)NCc1cccc(N2CCCC2=O)c1. The quantitative estimate of drug-likeness (QED) is 0.764. The molecule has 1 aliphatic heterocycles. The Morgan fingerprint density at radius 3 is 2.69 bits per heavy atom. The van der Waals surface area contributed by atoms with E-state index < -0.39 is 0 Å². The maximum Gasteiger partial charge on any atom is 0.227 e. The lowest BCUT2D eigenvalue weighted by atomic mass is 10.1. The maximum absolute atomic E-state index is 12.1. The van der Waals surface area contributed by atoms with Crippen LogP contribution in [-0.2, 0) is 22.6 Å². The Hall–Kier alpha value is -2.53. The summed E-state index contributed by atoms with van der Waals surface area (Å²) in [5.41, 5.74) is 9.51. The number of rotatable bonds is 6. The molecule has 0 aromatic heterocycles. The van der Waals surface area contributed by atoms with Crippen LogP contribution in [0.25, 0.3) is 0 Å². The lowest BCUT2D eigenvalue weighted by molar-refractivity contribution is -0.121. The first-order valence-electron chi connectivity index (χ1n) is 8.63. The van der Waals surface area contributed by atoms with E-state index in [4.69, 9.17) is 5.73 Å². The van der Waals surface area contributed by atoms with Gasteiger partial charge >= 0.3 is 0 Å². The zero-order valence-electron chi connectivity index (χ0n) is 14.6. The molecule has 0 bridgehead atoms. The Bertz CT molecular complexity index is 779. The fourth-order valence-corrected chi connectivity index (χ4v) is 3.05. The standard InChI is InChI=1S/C20H23N3O2.ClH/c21-18-8-2-1-6-16(18)10-11-19(24)22-14-15-5-3-7-17(13-15)23-12-4-9-20(23)25;/h1-3,5-8,13H,4,9-12,14,21H2,(H,22,24);1H. The van der Waals surface area contributed by atoms with Crippen LogP contribution in [0.4, 0.5) is 11.4 Å². The molecule has 138 valence electrons. The highest BCUT2D eigenvalue weighted by Crippen LogP contribution is 2.22. The van der Waals surface area contributed by atoms with Crippen LogP contribution in [0.1, 0.15) is 30.4 Å². The van der Waals surface area contributed by atoms with E-state index in [9.17, 15) is 9.59 Å². The minimum atomic E-state index is -0.00842. The molecule has 1 saturated heterocycles. The number of hydrogen-bond donors (Lipinski definition) is 2. The molecule has 0 spiro atoms. The molecule has 0 radical (unpaired) electrons. The molecule has 0 saturated carbocycles. The molecule has 0 aliphatic carbocycles. The second kappa shape index (κ2) is 9.25. The molecule has 2 aromatic rings. The van der Waals surface area contributed by atoms with Crippen molar-refractivity contribution in [1.29, 1.82) is 0 Å². The van der Waals surface area contributed by atoms with Gasteiger partial charge in [0.1, 0.15) is 0 Å². The van der Waals surface area contributed by atoms with E-state index in [-0.39, 0.29) is 24.2 Å². The third-order valence-electron chi connectivity index (χ3n) is 4.46. The van der Waals surface area contributed by atoms with Gasteiger partial charge in [0.25, 0.3) is 0 Å². The number of hydrogen-bond acceptors (Lipinski definition) is 3. The molecule has 3 N–H and O–H groups in total. The van der Waals surface area contributed by atoms with Crippen molar-refractivity contribution in [3.63, 3.8) is 0 Å². The number of nitrogens with zero attached hydrogens (tertiary/aromatic N) is 1. The minimum Gasteiger partial charge on any atom is -0.399 e. The summed E-state index contributed by atoms with van der Waals surface area (Å²) in [7, 11) is 0. The van der Waals surface area contributed by atoms with Gasteiger partial charge < -0.3 is 16.0 Å². The number of aryl methyl sites for hydroxylation is 1. The molecule has 2 amide bonds. The second-order valence-electron chi connectivity index (χ2n) is 6.29. The van der Waals surface area contributed by atoms with Gasteiger partial charge in [-0.25, -0.2) is 0 Å². The number of amides is 2. The monoisotopic (exact) mass is 373 g/mol. The van der Waals surface area contributed by atoms with Gasteiger partial charge in [-0.15, -0.1) is 12.4 Å². The fraction of sp³-hybridized carbons (Fsp3) is 0.300. The van der Waals surface area contributed by atoms with Gasteiger partial charge in [0.2, 0.25) is 11.8 Å². The molecule has 5 nitrogen and oxygen atoms in total. The number of carbonyl (C=O) groups is 2. The highest BCUT2D eigenvalue weighted by Gasteiger charge is 2.21. The van der Waals surface area contributed by atoms with Crippen LogP contribution in [0.3, 0.4) is 0 Å². The average Bonchev–Trinajstić information content (AvgIpc) is 3.05. The molecule has 1 aliphatic rings. The summed E-state index contributed by atoms with van der Waals surface area (Å²) >= 11 is 0. The third-order valence-corrected chi connectivity index (χ3v) is 4.46. The highest BCUT2D eigenvalue weighted by molar-refractivity contribution is 5.95. The van der Waals surface area contributed by atoms with Gasteiger partial charge in [-0.2, -0.15) is 0 Å². The van der Waals surface area contributed by atoms with Gasteiger partial charge in [0.15, 0.2) is 0 Å². The first kappa shape index (κ1) is 19.8. The van der Waals surface area contributed by atoms with E-state index in [1.165, 1.54) is 0 Å². The van der Waals surface area contributed by atoms with Gasteiger partial charge in [-0.05, 0) is 42.2 Å². The normalized spacial score (nSPS) is 13.4. The summed E-state index contributed by atoms with van der Waals surface area (Å²) in [5, 5.41) is 2.93. The molecular formula is C20H24ClN3O2. The lowest BCUT2D eigenvalue weighted by Crippen LogP contribution is -2.25. The Balaban J connectivity index is 0.00000243. The summed E-state index contributed by atoms with van der Waals surface area (Å²) in [6.07, 6.45) is 2.55. The number of para-hydroxylation sites is 1. The number of carbonyl (C=O) groups excluding carboxylic acids is 2. The Kier molecular flexibility index (Phi) is 7.04. The predicted molar refractivity (Wildman–Crippen MR) is 106 cm³/mol. The number of benzene rings is 2. The molecule has 2 aromatic carbocycles. The van der Waals surface area contributed by atoms with Gasteiger partial charge in [-0.3, -0.25) is 9.59 Å². The largest absolute Gasteiger partial charge is 0.399 e. The zero-order chi connectivity index (χ0) is 17.6. The fourth-order valence-electron chi connectivity index (χ4n) is 3.05. The summed E-state index contributed by atoms with van der Waals surface area (Å²) < 4.78 is 0. The topological polar surface area (TPSA) is 75.4 Å². The van der Waals surface area contributed by atoms with E-state index in [1.807, 2.05) is 53.4 Å². The maximum atomic E-state index is 12.1. The molecule has 0 atom stereocenters. The molecule has 1 heterocycles. The zero-order valence-corrected chi connectivity index (χ0v) is 15.4. The van der Waals surface area contributed by atoms with Crippen molar-refractivity contribution in [3.8, 4) is 0 Å². The third kappa shape index (κ3) is 4.99. The number of nitrogen functional groups attached to an aromatic ring is 1. The van der Waals surface area contributed by atoms with Crippen LogP contribution >= 0.6 is 12.4 Å².